The number of amides is 1. The molecular weight excluding hydrogens is 411 g/mol. The summed E-state index contributed by atoms with van der Waals surface area (Å²) in [5, 5.41) is 13.8. The molecule has 1 aromatic heterocycles. The minimum Gasteiger partial charge on any atom is -0.381 e. The highest BCUT2D eigenvalue weighted by molar-refractivity contribution is 7.99. The summed E-state index contributed by atoms with van der Waals surface area (Å²) in [6.07, 6.45) is 3.28. The molecule has 1 fully saturated rings. The van der Waals surface area contributed by atoms with Crippen LogP contribution in [0.1, 0.15) is 40.2 Å². The van der Waals surface area contributed by atoms with E-state index in [1.165, 1.54) is 12.3 Å². The van der Waals surface area contributed by atoms with Crippen molar-refractivity contribution in [2.24, 2.45) is 7.05 Å². The SMILES string of the molecule is Cc1c(Sc2ccccc2)cc(C(=O)NCc2c(F)ccc(C=N)c2NC2CC2)n1C. The van der Waals surface area contributed by atoms with Crippen LogP contribution >= 0.6 is 11.8 Å². The molecule has 1 amide bonds. The van der Waals surface area contributed by atoms with Crippen molar-refractivity contribution < 1.29 is 9.18 Å². The fraction of sp³-hybridized carbons (Fsp3) is 0.250. The van der Waals surface area contributed by atoms with Gasteiger partial charge in [-0.3, -0.25) is 4.79 Å². The molecule has 3 aromatic rings. The Morgan fingerprint density at radius 1 is 1.26 bits per heavy atom. The second-order valence-electron chi connectivity index (χ2n) is 7.69. The van der Waals surface area contributed by atoms with E-state index in [0.29, 0.717) is 28.6 Å². The monoisotopic (exact) mass is 436 g/mol. The second-order valence-corrected chi connectivity index (χ2v) is 8.80. The van der Waals surface area contributed by atoms with Crippen LogP contribution in [0.25, 0.3) is 0 Å². The smallest absolute Gasteiger partial charge is 0.268 e. The highest BCUT2D eigenvalue weighted by atomic mass is 32.2. The second kappa shape index (κ2) is 8.98. The average molecular weight is 437 g/mol. The number of halogens is 1. The summed E-state index contributed by atoms with van der Waals surface area (Å²) in [6.45, 7) is 2.03. The summed E-state index contributed by atoms with van der Waals surface area (Å²) in [4.78, 5) is 15.0. The van der Waals surface area contributed by atoms with Crippen LogP contribution in [-0.2, 0) is 13.6 Å². The van der Waals surface area contributed by atoms with Gasteiger partial charge in [0.1, 0.15) is 11.5 Å². The van der Waals surface area contributed by atoms with Crippen LogP contribution in [0.5, 0.6) is 0 Å². The number of hydrogen-bond acceptors (Lipinski definition) is 4. The van der Waals surface area contributed by atoms with Crippen molar-refractivity contribution >= 4 is 29.6 Å². The molecular formula is C24H25FN4OS. The zero-order valence-corrected chi connectivity index (χ0v) is 18.4. The Morgan fingerprint density at radius 3 is 2.68 bits per heavy atom. The van der Waals surface area contributed by atoms with Crippen molar-refractivity contribution in [1.82, 2.24) is 9.88 Å². The van der Waals surface area contributed by atoms with Gasteiger partial charge in [0.2, 0.25) is 0 Å². The van der Waals surface area contributed by atoms with Crippen LogP contribution in [0.15, 0.2) is 58.3 Å². The predicted octanol–water partition coefficient (Wildman–Crippen LogP) is 5.13. The van der Waals surface area contributed by atoms with Crippen molar-refractivity contribution in [3.63, 3.8) is 0 Å². The number of benzene rings is 2. The molecule has 0 unspecified atom stereocenters. The summed E-state index contributed by atoms with van der Waals surface area (Å²) in [6, 6.07) is 15.1. The summed E-state index contributed by atoms with van der Waals surface area (Å²) in [7, 11) is 1.86. The molecule has 160 valence electrons. The zero-order chi connectivity index (χ0) is 22.0. The molecule has 0 atom stereocenters. The predicted molar refractivity (Wildman–Crippen MR) is 123 cm³/mol. The van der Waals surface area contributed by atoms with Crippen LogP contribution in [-0.4, -0.2) is 22.7 Å². The van der Waals surface area contributed by atoms with Crippen LogP contribution in [0.2, 0.25) is 0 Å². The van der Waals surface area contributed by atoms with E-state index in [-0.39, 0.29) is 12.5 Å². The van der Waals surface area contributed by atoms with Gasteiger partial charge in [0.25, 0.3) is 5.91 Å². The quantitative estimate of drug-likeness (QED) is 0.429. The van der Waals surface area contributed by atoms with Crippen LogP contribution in [0.3, 0.4) is 0 Å². The van der Waals surface area contributed by atoms with E-state index in [1.807, 2.05) is 54.9 Å². The van der Waals surface area contributed by atoms with E-state index in [1.54, 1.807) is 17.8 Å². The average Bonchev–Trinajstić information content (AvgIpc) is 3.55. The van der Waals surface area contributed by atoms with E-state index in [4.69, 9.17) is 5.41 Å². The molecule has 0 radical (unpaired) electrons. The molecule has 0 bridgehead atoms. The maximum absolute atomic E-state index is 14.6. The van der Waals surface area contributed by atoms with Gasteiger partial charge in [0, 0.05) is 52.5 Å². The summed E-state index contributed by atoms with van der Waals surface area (Å²) >= 11 is 1.61. The van der Waals surface area contributed by atoms with Gasteiger partial charge < -0.3 is 20.6 Å². The number of carbonyl (C=O) groups is 1. The van der Waals surface area contributed by atoms with Gasteiger partial charge in [-0.05, 0) is 50.1 Å². The van der Waals surface area contributed by atoms with E-state index in [2.05, 4.69) is 10.6 Å². The topological polar surface area (TPSA) is 69.9 Å². The van der Waals surface area contributed by atoms with E-state index in [9.17, 15) is 9.18 Å². The van der Waals surface area contributed by atoms with Gasteiger partial charge in [-0.1, -0.05) is 30.0 Å². The number of rotatable bonds is 8. The van der Waals surface area contributed by atoms with Gasteiger partial charge in [0.15, 0.2) is 0 Å². The van der Waals surface area contributed by atoms with Crippen LogP contribution in [0, 0.1) is 18.2 Å². The van der Waals surface area contributed by atoms with Gasteiger partial charge in [-0.2, -0.15) is 0 Å². The Hall–Kier alpha value is -3.06. The van der Waals surface area contributed by atoms with Crippen LogP contribution in [0.4, 0.5) is 10.1 Å². The third-order valence-electron chi connectivity index (χ3n) is 5.49. The van der Waals surface area contributed by atoms with Crippen molar-refractivity contribution in [2.75, 3.05) is 5.32 Å². The lowest BCUT2D eigenvalue weighted by Crippen LogP contribution is -2.26. The lowest BCUT2D eigenvalue weighted by atomic mass is 10.1. The minimum absolute atomic E-state index is 0.0484. The molecule has 1 aliphatic carbocycles. The van der Waals surface area contributed by atoms with Gasteiger partial charge >= 0.3 is 0 Å². The fourth-order valence-electron chi connectivity index (χ4n) is 3.40. The Morgan fingerprint density at radius 2 is 2.00 bits per heavy atom. The highest BCUT2D eigenvalue weighted by Gasteiger charge is 2.25. The minimum atomic E-state index is -0.391. The Balaban J connectivity index is 1.53. The van der Waals surface area contributed by atoms with Gasteiger partial charge in [-0.25, -0.2) is 4.39 Å². The molecule has 0 saturated heterocycles. The van der Waals surface area contributed by atoms with E-state index >= 15 is 0 Å². The third kappa shape index (κ3) is 4.66. The normalized spacial score (nSPS) is 13.1. The largest absolute Gasteiger partial charge is 0.381 e. The first-order valence-corrected chi connectivity index (χ1v) is 11.1. The van der Waals surface area contributed by atoms with Gasteiger partial charge in [0.05, 0.1) is 5.69 Å². The number of carbonyl (C=O) groups excluding carboxylic acids is 1. The molecule has 1 aliphatic rings. The lowest BCUT2D eigenvalue weighted by molar-refractivity contribution is 0.0942. The molecule has 3 N–H and O–H groups in total. The summed E-state index contributed by atoms with van der Waals surface area (Å²) < 4.78 is 16.5. The Kier molecular flexibility index (Phi) is 6.13. The summed E-state index contributed by atoms with van der Waals surface area (Å²) in [5.41, 5.74) is 3.12. The molecule has 1 saturated carbocycles. The summed E-state index contributed by atoms with van der Waals surface area (Å²) in [5.74, 6) is -0.653. The van der Waals surface area contributed by atoms with E-state index < -0.39 is 5.82 Å². The van der Waals surface area contributed by atoms with Crippen LogP contribution < -0.4 is 10.6 Å². The first kappa shape index (κ1) is 21.2. The molecule has 5 nitrogen and oxygen atoms in total. The molecule has 0 aliphatic heterocycles. The van der Waals surface area contributed by atoms with E-state index in [0.717, 1.165) is 28.3 Å². The Labute approximate surface area is 185 Å². The molecule has 31 heavy (non-hydrogen) atoms. The fourth-order valence-corrected chi connectivity index (χ4v) is 4.41. The number of nitrogens with zero attached hydrogens (tertiary/aromatic N) is 1. The molecule has 2 aromatic carbocycles. The zero-order valence-electron chi connectivity index (χ0n) is 17.5. The molecule has 1 heterocycles. The molecule has 0 spiro atoms. The van der Waals surface area contributed by atoms with Crippen molar-refractivity contribution in [3.8, 4) is 0 Å². The first-order valence-electron chi connectivity index (χ1n) is 10.2. The number of nitrogens with one attached hydrogen (secondary N) is 3. The van der Waals surface area contributed by atoms with Gasteiger partial charge in [-0.15, -0.1) is 0 Å². The molecule has 7 heteroatoms. The Bertz CT molecular complexity index is 1120. The highest BCUT2D eigenvalue weighted by Crippen LogP contribution is 2.33. The standard InChI is InChI=1S/C24H25FN4OS/c1-15-22(31-18-6-4-3-5-7-18)12-21(29(15)2)24(30)27-14-19-20(25)11-8-16(13-26)23(19)28-17-9-10-17/h3-8,11-13,17,26,28H,9-10,14H2,1-2H3,(H,27,30). The van der Waals surface area contributed by atoms with Crippen molar-refractivity contribution in [1.29, 1.82) is 5.41 Å². The number of aromatic nitrogens is 1. The maximum atomic E-state index is 14.6. The molecule has 4 rings (SSSR count). The maximum Gasteiger partial charge on any atom is 0.268 e. The third-order valence-corrected chi connectivity index (χ3v) is 6.63. The van der Waals surface area contributed by atoms with Crippen molar-refractivity contribution in [2.45, 2.75) is 42.1 Å². The van der Waals surface area contributed by atoms with Crippen molar-refractivity contribution in [3.05, 3.63) is 76.9 Å². The number of hydrogen-bond donors (Lipinski definition) is 3. The lowest BCUT2D eigenvalue weighted by Gasteiger charge is -2.16. The first-order chi connectivity index (χ1) is 15.0. The number of anilines is 1.